The van der Waals surface area contributed by atoms with Crippen molar-refractivity contribution in [1.82, 2.24) is 5.32 Å². The Morgan fingerprint density at radius 1 is 1.00 bits per heavy atom. The largest absolute Gasteiger partial charge is 0.497 e. The first kappa shape index (κ1) is 24.2. The fourth-order valence-electron chi connectivity index (χ4n) is 3.28. The average molecular weight is 466 g/mol. The molecule has 7 heteroatoms. The molecular weight excluding hydrogens is 438 g/mol. The number of carbonyl (C=O) groups excluding carboxylic acids is 1. The Bertz CT molecular complexity index is 1100. The van der Waals surface area contributed by atoms with E-state index in [9.17, 15) is 4.79 Å². The SMILES string of the molecule is C#CCOC(C(=O)NCCc1ccc(OC)c(OC)c1)c1ccc(-c2ccc(OC)cc2)s1. The lowest BCUT2D eigenvalue weighted by molar-refractivity contribution is -0.132. The Hall–Kier alpha value is -3.47. The quantitative estimate of drug-likeness (QED) is 0.423. The van der Waals surface area contributed by atoms with Crippen LogP contribution in [0.2, 0.25) is 0 Å². The molecule has 1 heterocycles. The highest BCUT2D eigenvalue weighted by atomic mass is 32.1. The molecule has 33 heavy (non-hydrogen) atoms. The number of hydrogen-bond acceptors (Lipinski definition) is 6. The second-order valence-electron chi connectivity index (χ2n) is 7.06. The zero-order valence-electron chi connectivity index (χ0n) is 18.9. The molecule has 0 spiro atoms. The third-order valence-corrected chi connectivity index (χ3v) is 6.17. The van der Waals surface area contributed by atoms with Gasteiger partial charge in [0.15, 0.2) is 17.6 Å². The van der Waals surface area contributed by atoms with Crippen LogP contribution in [0, 0.1) is 12.3 Å². The van der Waals surface area contributed by atoms with Gasteiger partial charge in [0.1, 0.15) is 12.4 Å². The Kier molecular flexibility index (Phi) is 8.76. The lowest BCUT2D eigenvalue weighted by Gasteiger charge is -2.15. The highest BCUT2D eigenvalue weighted by Gasteiger charge is 2.23. The van der Waals surface area contributed by atoms with Crippen molar-refractivity contribution in [2.75, 3.05) is 34.5 Å². The van der Waals surface area contributed by atoms with E-state index in [1.165, 1.54) is 11.3 Å². The summed E-state index contributed by atoms with van der Waals surface area (Å²) in [5, 5.41) is 2.95. The number of ether oxygens (including phenoxy) is 4. The summed E-state index contributed by atoms with van der Waals surface area (Å²) in [6.45, 7) is 0.491. The van der Waals surface area contributed by atoms with Crippen molar-refractivity contribution in [2.24, 2.45) is 0 Å². The maximum Gasteiger partial charge on any atom is 0.254 e. The molecule has 1 unspecified atom stereocenters. The van der Waals surface area contributed by atoms with Gasteiger partial charge in [-0.15, -0.1) is 17.8 Å². The van der Waals surface area contributed by atoms with E-state index in [1.807, 2.05) is 54.6 Å². The summed E-state index contributed by atoms with van der Waals surface area (Å²) >= 11 is 1.50. The summed E-state index contributed by atoms with van der Waals surface area (Å²) < 4.78 is 21.5. The standard InChI is InChI=1S/C26H27NO5S/c1-5-16-32-25(24-13-12-23(33-24)19-7-9-20(29-2)10-8-19)26(28)27-15-14-18-6-11-21(30-3)22(17-18)31-4/h1,6-13,17,25H,14-16H2,2-4H3,(H,27,28). The number of terminal acetylenes is 1. The van der Waals surface area contributed by atoms with Crippen molar-refractivity contribution in [2.45, 2.75) is 12.5 Å². The molecule has 2 aromatic carbocycles. The third-order valence-electron chi connectivity index (χ3n) is 4.99. The first-order valence-electron chi connectivity index (χ1n) is 10.4. The van der Waals surface area contributed by atoms with E-state index >= 15 is 0 Å². The van der Waals surface area contributed by atoms with Gasteiger partial charge < -0.3 is 24.3 Å². The minimum atomic E-state index is -0.775. The summed E-state index contributed by atoms with van der Waals surface area (Å²) in [6, 6.07) is 17.3. The molecule has 1 aromatic heterocycles. The van der Waals surface area contributed by atoms with Gasteiger partial charge in [-0.2, -0.15) is 0 Å². The van der Waals surface area contributed by atoms with Crippen LogP contribution >= 0.6 is 11.3 Å². The van der Waals surface area contributed by atoms with Gasteiger partial charge >= 0.3 is 0 Å². The van der Waals surface area contributed by atoms with Crippen molar-refractivity contribution in [3.63, 3.8) is 0 Å². The number of nitrogens with one attached hydrogen (secondary N) is 1. The van der Waals surface area contributed by atoms with Crippen molar-refractivity contribution >= 4 is 17.2 Å². The minimum Gasteiger partial charge on any atom is -0.497 e. The highest BCUT2D eigenvalue weighted by Crippen LogP contribution is 2.34. The fraction of sp³-hybridized carbons (Fsp3) is 0.269. The predicted molar refractivity (Wildman–Crippen MR) is 130 cm³/mol. The number of carbonyl (C=O) groups is 1. The minimum absolute atomic E-state index is 0.0452. The number of amides is 1. The Morgan fingerprint density at radius 2 is 1.76 bits per heavy atom. The third kappa shape index (κ3) is 6.28. The molecule has 0 bridgehead atoms. The van der Waals surface area contributed by atoms with Gasteiger partial charge in [0.05, 0.1) is 21.3 Å². The molecule has 0 saturated carbocycles. The first-order valence-corrected chi connectivity index (χ1v) is 11.2. The van der Waals surface area contributed by atoms with Crippen LogP contribution in [0.15, 0.2) is 54.6 Å². The van der Waals surface area contributed by atoms with E-state index in [2.05, 4.69) is 11.2 Å². The summed E-state index contributed by atoms with van der Waals surface area (Å²) in [6.07, 6.45) is 5.23. The molecule has 0 radical (unpaired) electrons. The van der Waals surface area contributed by atoms with E-state index < -0.39 is 6.10 Å². The Morgan fingerprint density at radius 3 is 2.42 bits per heavy atom. The maximum atomic E-state index is 12.9. The molecule has 0 fully saturated rings. The van der Waals surface area contributed by atoms with Crippen molar-refractivity contribution in [3.8, 4) is 40.0 Å². The van der Waals surface area contributed by atoms with Crippen molar-refractivity contribution < 1.29 is 23.7 Å². The van der Waals surface area contributed by atoms with Crippen LogP contribution in [-0.4, -0.2) is 40.4 Å². The van der Waals surface area contributed by atoms with Crippen LogP contribution in [-0.2, 0) is 16.0 Å². The fourth-order valence-corrected chi connectivity index (χ4v) is 4.34. The van der Waals surface area contributed by atoms with Crippen molar-refractivity contribution in [3.05, 3.63) is 65.0 Å². The van der Waals surface area contributed by atoms with Crippen LogP contribution in [0.5, 0.6) is 17.2 Å². The van der Waals surface area contributed by atoms with E-state index in [0.717, 1.165) is 26.6 Å². The smallest absolute Gasteiger partial charge is 0.254 e. The molecule has 1 atom stereocenters. The van der Waals surface area contributed by atoms with E-state index in [1.54, 1.807) is 21.3 Å². The van der Waals surface area contributed by atoms with Gasteiger partial charge in [-0.3, -0.25) is 4.79 Å². The van der Waals surface area contributed by atoms with Crippen LogP contribution in [0.1, 0.15) is 16.5 Å². The number of methoxy groups -OCH3 is 3. The molecule has 0 aliphatic carbocycles. The zero-order valence-corrected chi connectivity index (χ0v) is 19.7. The summed E-state index contributed by atoms with van der Waals surface area (Å²) in [5.41, 5.74) is 2.06. The first-order chi connectivity index (χ1) is 16.1. The van der Waals surface area contributed by atoms with Crippen LogP contribution < -0.4 is 19.5 Å². The Labute approximate surface area is 198 Å². The second kappa shape index (κ2) is 12.0. The molecule has 1 N–H and O–H groups in total. The number of benzene rings is 2. The van der Waals surface area contributed by atoms with Gasteiger partial charge in [-0.25, -0.2) is 0 Å². The lowest BCUT2D eigenvalue weighted by atomic mass is 10.1. The molecule has 0 aliphatic rings. The van der Waals surface area contributed by atoms with E-state index in [0.29, 0.717) is 24.5 Å². The van der Waals surface area contributed by atoms with Gasteiger partial charge in [-0.1, -0.05) is 12.0 Å². The van der Waals surface area contributed by atoms with Gasteiger partial charge in [0, 0.05) is 16.3 Å². The molecule has 172 valence electrons. The predicted octanol–water partition coefficient (Wildman–Crippen LogP) is 4.49. The molecule has 0 aliphatic heterocycles. The van der Waals surface area contributed by atoms with Crippen molar-refractivity contribution in [1.29, 1.82) is 0 Å². The molecule has 1 amide bonds. The highest BCUT2D eigenvalue weighted by molar-refractivity contribution is 7.15. The van der Waals surface area contributed by atoms with Crippen LogP contribution in [0.3, 0.4) is 0 Å². The van der Waals surface area contributed by atoms with Gasteiger partial charge in [-0.05, 0) is 66.1 Å². The van der Waals surface area contributed by atoms with Crippen LogP contribution in [0.25, 0.3) is 10.4 Å². The Balaban J connectivity index is 1.66. The van der Waals surface area contributed by atoms with Crippen LogP contribution in [0.4, 0.5) is 0 Å². The monoisotopic (exact) mass is 465 g/mol. The number of rotatable bonds is 11. The van der Waals surface area contributed by atoms with Gasteiger partial charge in [0.25, 0.3) is 5.91 Å². The van der Waals surface area contributed by atoms with Gasteiger partial charge in [0.2, 0.25) is 0 Å². The van der Waals surface area contributed by atoms with E-state index in [4.69, 9.17) is 25.4 Å². The molecule has 3 rings (SSSR count). The normalized spacial score (nSPS) is 11.3. The number of thiophene rings is 1. The molecular formula is C26H27NO5S. The summed E-state index contributed by atoms with van der Waals surface area (Å²) in [5.74, 6) is 4.32. The summed E-state index contributed by atoms with van der Waals surface area (Å²) in [4.78, 5) is 14.8. The molecule has 6 nitrogen and oxygen atoms in total. The van der Waals surface area contributed by atoms with E-state index in [-0.39, 0.29) is 12.5 Å². The zero-order chi connectivity index (χ0) is 23.6. The molecule has 0 saturated heterocycles. The number of hydrogen-bond donors (Lipinski definition) is 1. The maximum absolute atomic E-state index is 12.9. The topological polar surface area (TPSA) is 66.0 Å². The molecule has 3 aromatic rings. The second-order valence-corrected chi connectivity index (χ2v) is 8.17. The average Bonchev–Trinajstić information content (AvgIpc) is 3.34. The summed E-state index contributed by atoms with van der Waals surface area (Å²) in [7, 11) is 4.83. The lowest BCUT2D eigenvalue weighted by Crippen LogP contribution is -2.32.